The Morgan fingerprint density at radius 3 is 3.00 bits per heavy atom. The van der Waals surface area contributed by atoms with E-state index in [-0.39, 0.29) is 0 Å². The lowest BCUT2D eigenvalue weighted by molar-refractivity contribution is 0.266. The molecule has 0 amide bonds. The van der Waals surface area contributed by atoms with Crippen molar-refractivity contribution < 1.29 is 9.15 Å². The summed E-state index contributed by atoms with van der Waals surface area (Å²) in [5, 5.41) is 12.4. The van der Waals surface area contributed by atoms with E-state index in [0.29, 0.717) is 16.7 Å². The summed E-state index contributed by atoms with van der Waals surface area (Å²) < 4.78 is 12.3. The molecule has 6 nitrogen and oxygen atoms in total. The number of rotatable bonds is 3. The summed E-state index contributed by atoms with van der Waals surface area (Å²) in [5.74, 6) is 1.19. The van der Waals surface area contributed by atoms with Gasteiger partial charge in [-0.25, -0.2) is 0 Å². The zero-order chi connectivity index (χ0) is 17.2. The molecule has 0 fully saturated rings. The van der Waals surface area contributed by atoms with Crippen LogP contribution in [0.25, 0.3) is 17.3 Å². The largest absolute Gasteiger partial charge is 0.465 e. The highest BCUT2D eigenvalue weighted by Gasteiger charge is 2.24. The van der Waals surface area contributed by atoms with Crippen LogP contribution in [0.5, 0.6) is 5.88 Å². The molecule has 3 heterocycles. The first-order valence-electron chi connectivity index (χ1n) is 7.46. The number of hydrogen-bond acceptors (Lipinski definition) is 7. The van der Waals surface area contributed by atoms with E-state index in [9.17, 15) is 0 Å². The average molecular weight is 417 g/mol. The van der Waals surface area contributed by atoms with Gasteiger partial charge < -0.3 is 14.5 Å². The van der Waals surface area contributed by atoms with E-state index < -0.39 is 6.23 Å². The number of benzene rings is 1. The Labute approximate surface area is 156 Å². The number of fused-ring (bicyclic) bond motifs is 3. The van der Waals surface area contributed by atoms with Gasteiger partial charge >= 0.3 is 0 Å². The molecule has 0 bridgehead atoms. The first kappa shape index (κ1) is 16.2. The Bertz CT molecular complexity index is 930. The third-order valence-corrected chi connectivity index (χ3v) is 4.60. The number of anilines is 1. The fraction of sp³-hybridized carbons (Fsp3) is 0.118. The smallest absolute Gasteiger partial charge is 0.247 e. The van der Waals surface area contributed by atoms with Gasteiger partial charge in [0.2, 0.25) is 11.0 Å². The van der Waals surface area contributed by atoms with Gasteiger partial charge in [-0.1, -0.05) is 27.7 Å². The van der Waals surface area contributed by atoms with Crippen molar-refractivity contribution in [2.24, 2.45) is 0 Å². The minimum atomic E-state index is -0.419. The minimum absolute atomic E-state index is 0.419. The molecule has 1 aromatic carbocycles. The maximum atomic E-state index is 6.04. The maximum absolute atomic E-state index is 6.04. The summed E-state index contributed by atoms with van der Waals surface area (Å²) in [4.78, 5) is 4.47. The van der Waals surface area contributed by atoms with E-state index in [1.165, 1.54) is 11.8 Å². The van der Waals surface area contributed by atoms with Gasteiger partial charge in [0.15, 0.2) is 11.9 Å². The predicted molar refractivity (Wildman–Crippen MR) is 101 cm³/mol. The van der Waals surface area contributed by atoms with Crippen molar-refractivity contribution in [1.29, 1.82) is 0 Å². The Morgan fingerprint density at radius 1 is 1.28 bits per heavy atom. The number of halogens is 1. The molecule has 0 aliphatic carbocycles. The first-order valence-corrected chi connectivity index (χ1v) is 9.48. The van der Waals surface area contributed by atoms with Crippen molar-refractivity contribution in [3.05, 3.63) is 52.9 Å². The Morgan fingerprint density at radius 2 is 2.20 bits per heavy atom. The molecule has 0 saturated carbocycles. The topological polar surface area (TPSA) is 73.1 Å². The number of nitrogens with one attached hydrogen (secondary N) is 1. The Kier molecular flexibility index (Phi) is 4.46. The van der Waals surface area contributed by atoms with Crippen molar-refractivity contribution in [3.63, 3.8) is 0 Å². The van der Waals surface area contributed by atoms with Crippen molar-refractivity contribution in [2.75, 3.05) is 11.6 Å². The van der Waals surface area contributed by atoms with Crippen LogP contribution in [0.15, 0.2) is 56.7 Å². The molecular weight excluding hydrogens is 404 g/mol. The van der Waals surface area contributed by atoms with Crippen LogP contribution in [0, 0.1) is 0 Å². The molecule has 2 aromatic heterocycles. The molecule has 8 heteroatoms. The molecule has 0 saturated heterocycles. The molecule has 25 heavy (non-hydrogen) atoms. The van der Waals surface area contributed by atoms with Gasteiger partial charge in [0.05, 0.1) is 6.26 Å². The molecule has 126 valence electrons. The zero-order valence-electron chi connectivity index (χ0n) is 13.1. The van der Waals surface area contributed by atoms with E-state index in [1.807, 2.05) is 48.7 Å². The Hall–Kier alpha value is -2.32. The summed E-state index contributed by atoms with van der Waals surface area (Å²) in [6.07, 6.45) is 6.84. The van der Waals surface area contributed by atoms with E-state index >= 15 is 0 Å². The summed E-state index contributed by atoms with van der Waals surface area (Å²) in [6.45, 7) is 0. The van der Waals surface area contributed by atoms with Gasteiger partial charge in [0.25, 0.3) is 0 Å². The van der Waals surface area contributed by atoms with Crippen molar-refractivity contribution in [1.82, 2.24) is 15.2 Å². The second kappa shape index (κ2) is 6.89. The van der Waals surface area contributed by atoms with Gasteiger partial charge in [0, 0.05) is 15.7 Å². The van der Waals surface area contributed by atoms with Crippen LogP contribution in [-0.4, -0.2) is 27.7 Å². The molecule has 3 aromatic rings. The predicted octanol–water partition coefficient (Wildman–Crippen LogP) is 4.46. The first-order chi connectivity index (χ1) is 12.2. The van der Waals surface area contributed by atoms with Crippen molar-refractivity contribution >= 4 is 39.5 Å². The van der Waals surface area contributed by atoms with Gasteiger partial charge in [0.1, 0.15) is 5.76 Å². The van der Waals surface area contributed by atoms with Crippen LogP contribution >= 0.6 is 27.7 Å². The lowest BCUT2D eigenvalue weighted by Crippen LogP contribution is -2.23. The van der Waals surface area contributed by atoms with Crippen LogP contribution in [0.1, 0.15) is 5.76 Å². The van der Waals surface area contributed by atoms with Crippen LogP contribution < -0.4 is 10.1 Å². The summed E-state index contributed by atoms with van der Waals surface area (Å²) >= 11 is 4.92. The molecule has 0 radical (unpaired) electrons. The highest BCUT2D eigenvalue weighted by atomic mass is 79.9. The third-order valence-electron chi connectivity index (χ3n) is 3.57. The number of furan rings is 1. The number of ether oxygens (including phenoxy) is 1. The monoisotopic (exact) mass is 416 g/mol. The zero-order valence-corrected chi connectivity index (χ0v) is 15.5. The lowest BCUT2D eigenvalue weighted by Gasteiger charge is -2.15. The molecule has 1 unspecified atom stereocenters. The number of nitrogens with zero attached hydrogens (tertiary/aromatic N) is 3. The Balaban J connectivity index is 1.77. The molecule has 1 N–H and O–H groups in total. The fourth-order valence-corrected chi connectivity index (χ4v) is 3.09. The second-order valence-electron chi connectivity index (χ2n) is 5.20. The lowest BCUT2D eigenvalue weighted by atomic mass is 10.1. The number of thioether (sulfide) groups is 1. The van der Waals surface area contributed by atoms with Gasteiger partial charge in [-0.2, -0.15) is 4.98 Å². The van der Waals surface area contributed by atoms with Gasteiger partial charge in [-0.3, -0.25) is 0 Å². The summed E-state index contributed by atoms with van der Waals surface area (Å²) in [6, 6.07) is 9.61. The van der Waals surface area contributed by atoms with E-state index in [0.717, 1.165) is 21.5 Å². The standard InChI is InChI=1S/C17H13BrN4O2S/c1-25-17-20-16-15(21-22-17)12-9-10(18)4-6-13(12)19-14(24-16)7-5-11-3-2-8-23-11/h2-9,14,19H,1H3/b7-5+. The molecule has 1 aliphatic heterocycles. The average Bonchev–Trinajstić information content (AvgIpc) is 3.09. The second-order valence-corrected chi connectivity index (χ2v) is 6.89. The van der Waals surface area contributed by atoms with E-state index in [1.54, 1.807) is 6.26 Å². The van der Waals surface area contributed by atoms with Gasteiger partial charge in [-0.05, 0) is 48.7 Å². The third kappa shape index (κ3) is 3.40. The van der Waals surface area contributed by atoms with Crippen LogP contribution in [0.4, 0.5) is 5.69 Å². The van der Waals surface area contributed by atoms with Crippen LogP contribution in [0.2, 0.25) is 0 Å². The molecular formula is C17H13BrN4O2S. The van der Waals surface area contributed by atoms with E-state index in [4.69, 9.17) is 9.15 Å². The minimum Gasteiger partial charge on any atom is -0.465 e. The fourth-order valence-electron chi connectivity index (χ4n) is 2.43. The maximum Gasteiger partial charge on any atom is 0.247 e. The summed E-state index contributed by atoms with van der Waals surface area (Å²) in [7, 11) is 0. The quantitative estimate of drug-likeness (QED) is 0.631. The van der Waals surface area contributed by atoms with Crippen LogP contribution in [-0.2, 0) is 0 Å². The van der Waals surface area contributed by atoms with Crippen molar-refractivity contribution in [2.45, 2.75) is 11.4 Å². The molecule has 1 atom stereocenters. The van der Waals surface area contributed by atoms with Gasteiger partial charge in [-0.15, -0.1) is 10.2 Å². The van der Waals surface area contributed by atoms with E-state index in [2.05, 4.69) is 36.4 Å². The SMILES string of the molecule is CSc1nnc2c(n1)OC(/C=C/c1ccco1)Nc1ccc(Br)cc1-2. The number of aromatic nitrogens is 3. The normalized spacial score (nSPS) is 15.8. The summed E-state index contributed by atoms with van der Waals surface area (Å²) in [5.41, 5.74) is 2.38. The van der Waals surface area contributed by atoms with Crippen LogP contribution in [0.3, 0.4) is 0 Å². The van der Waals surface area contributed by atoms with Crippen molar-refractivity contribution in [3.8, 4) is 17.1 Å². The highest BCUT2D eigenvalue weighted by Crippen LogP contribution is 2.38. The molecule has 0 spiro atoms. The molecule has 4 rings (SSSR count). The highest BCUT2D eigenvalue weighted by molar-refractivity contribution is 9.10. The number of hydrogen-bond donors (Lipinski definition) is 1. The molecule has 1 aliphatic rings.